The largest absolute Gasteiger partial charge is 0.761 e. The number of ketones is 1. The van der Waals surface area contributed by atoms with Gasteiger partial charge in [0.1, 0.15) is 0 Å². The quantitative estimate of drug-likeness (QED) is 0.409. The lowest BCUT2D eigenvalue weighted by Crippen LogP contribution is -2.59. The molecular formula is C9H7N3O7. The minimum Gasteiger partial charge on any atom is -0.273 e. The monoisotopic (exact) mass is 269 g/mol. The van der Waals surface area contributed by atoms with Crippen molar-refractivity contribution < 1.29 is 19.6 Å². The molecule has 0 N–H and O–H groups in total. The molecule has 10 heteroatoms. The Labute approximate surface area is 105 Å². The topological polar surface area (TPSA) is 146 Å². The van der Waals surface area contributed by atoms with Gasteiger partial charge in [-0.3, -0.25) is 35.1 Å². The summed E-state index contributed by atoms with van der Waals surface area (Å²) < 4.78 is 0. The molecule has 0 fully saturated rings. The molecule has 1 rings (SSSR count). The summed E-state index contributed by atoms with van der Waals surface area (Å²) in [5.74, 6) is -5.77. The molecule has 0 atom stereocenters. The van der Waals surface area contributed by atoms with E-state index in [1.807, 2.05) is 0 Å². The standard InChI is InChI=1S/C9H7N3O7/c13-8(6-7-4-2-1-3-5-7)9(10(14)15,11(16)17)12(18)19/h1-5H,6H2. The van der Waals surface area contributed by atoms with Crippen LogP contribution in [0.2, 0.25) is 0 Å². The van der Waals surface area contributed by atoms with Gasteiger partial charge in [-0.15, -0.1) is 0 Å². The molecule has 0 spiro atoms. The van der Waals surface area contributed by atoms with Crippen molar-refractivity contribution in [3.05, 3.63) is 66.2 Å². The second-order valence-corrected chi connectivity index (χ2v) is 3.49. The van der Waals surface area contributed by atoms with E-state index in [9.17, 15) is 35.1 Å². The van der Waals surface area contributed by atoms with Gasteiger partial charge in [-0.25, -0.2) is 0 Å². The summed E-state index contributed by atoms with van der Waals surface area (Å²) in [5, 5.41) is 31.9. The number of carbonyl (C=O) groups excluding carboxylic acids is 1. The average Bonchev–Trinajstić information content (AvgIpc) is 2.29. The van der Waals surface area contributed by atoms with Crippen molar-refractivity contribution in [3.8, 4) is 0 Å². The van der Waals surface area contributed by atoms with Crippen molar-refractivity contribution in [2.75, 3.05) is 0 Å². The number of hydrogen-bond donors (Lipinski definition) is 0. The van der Waals surface area contributed by atoms with Gasteiger partial charge in [-0.1, -0.05) is 30.3 Å². The summed E-state index contributed by atoms with van der Waals surface area (Å²) in [6, 6.07) is 7.34. The molecule has 0 aliphatic rings. The molecular weight excluding hydrogens is 262 g/mol. The zero-order valence-corrected chi connectivity index (χ0v) is 9.29. The highest BCUT2D eigenvalue weighted by Crippen LogP contribution is 2.17. The Bertz CT molecular complexity index is 506. The Balaban J connectivity index is 3.20. The van der Waals surface area contributed by atoms with Gasteiger partial charge < -0.3 is 0 Å². The van der Waals surface area contributed by atoms with Crippen LogP contribution in [0, 0.1) is 30.3 Å². The minimum atomic E-state index is -4.06. The van der Waals surface area contributed by atoms with Crippen LogP contribution < -0.4 is 0 Å². The van der Waals surface area contributed by atoms with Gasteiger partial charge in [-0.2, -0.15) is 0 Å². The Morgan fingerprint density at radius 3 is 1.74 bits per heavy atom. The number of benzene rings is 1. The van der Waals surface area contributed by atoms with Crippen molar-refractivity contribution in [3.63, 3.8) is 0 Å². The van der Waals surface area contributed by atoms with Crippen LogP contribution in [0.4, 0.5) is 0 Å². The summed E-state index contributed by atoms with van der Waals surface area (Å²) >= 11 is 0. The molecule has 0 aliphatic heterocycles. The maximum absolute atomic E-state index is 11.6. The van der Waals surface area contributed by atoms with E-state index in [0.717, 1.165) is 0 Å². The number of rotatable bonds is 6. The molecule has 0 amide bonds. The van der Waals surface area contributed by atoms with E-state index in [4.69, 9.17) is 0 Å². The van der Waals surface area contributed by atoms with Crippen LogP contribution in [0.1, 0.15) is 5.56 Å². The number of nitro groups is 3. The zero-order chi connectivity index (χ0) is 14.6. The van der Waals surface area contributed by atoms with Crippen LogP contribution in [-0.4, -0.2) is 26.3 Å². The van der Waals surface area contributed by atoms with Gasteiger partial charge in [0.25, 0.3) is 0 Å². The van der Waals surface area contributed by atoms with Gasteiger partial charge >= 0.3 is 11.6 Å². The van der Waals surface area contributed by atoms with Crippen LogP contribution in [0.3, 0.4) is 0 Å². The summed E-state index contributed by atoms with van der Waals surface area (Å²) in [5.41, 5.74) is 0.211. The third-order valence-electron chi connectivity index (χ3n) is 2.35. The average molecular weight is 269 g/mol. The van der Waals surface area contributed by atoms with E-state index in [1.165, 1.54) is 24.3 Å². The smallest absolute Gasteiger partial charge is 0.273 e. The summed E-state index contributed by atoms with van der Waals surface area (Å²) in [7, 11) is 0. The molecule has 0 radical (unpaired) electrons. The Morgan fingerprint density at radius 1 is 0.947 bits per heavy atom. The van der Waals surface area contributed by atoms with Crippen LogP contribution in [0.25, 0.3) is 0 Å². The molecule has 0 aromatic heterocycles. The molecule has 10 nitrogen and oxygen atoms in total. The van der Waals surface area contributed by atoms with Crippen molar-refractivity contribution in [2.45, 2.75) is 12.2 Å². The maximum atomic E-state index is 11.6. The molecule has 0 aliphatic carbocycles. The molecule has 0 bridgehead atoms. The second-order valence-electron chi connectivity index (χ2n) is 3.49. The van der Waals surface area contributed by atoms with Gasteiger partial charge in [0, 0.05) is 0 Å². The van der Waals surface area contributed by atoms with Gasteiger partial charge in [-0.05, 0) is 5.56 Å². The molecule has 0 unspecified atom stereocenters. The summed E-state index contributed by atoms with van der Waals surface area (Å²) in [6.45, 7) is 0. The Hall–Kier alpha value is -2.91. The third kappa shape index (κ3) is 2.36. The van der Waals surface area contributed by atoms with Crippen LogP contribution in [-0.2, 0) is 11.2 Å². The van der Waals surface area contributed by atoms with Crippen molar-refractivity contribution in [2.24, 2.45) is 0 Å². The SMILES string of the molecule is O=C(Cc1ccccc1)C([N+](=O)[O-])([N+](=O)[O-])[N+](=O)[O-]. The lowest BCUT2D eigenvalue weighted by molar-refractivity contribution is -0.947. The van der Waals surface area contributed by atoms with Gasteiger partial charge in [0.2, 0.25) is 0 Å². The summed E-state index contributed by atoms with van der Waals surface area (Å²) in [6.07, 6.45) is -0.774. The first kappa shape index (κ1) is 14.2. The van der Waals surface area contributed by atoms with E-state index < -0.39 is 32.8 Å². The van der Waals surface area contributed by atoms with Crippen molar-refractivity contribution in [1.82, 2.24) is 0 Å². The zero-order valence-electron chi connectivity index (χ0n) is 9.29. The van der Waals surface area contributed by atoms with Gasteiger partial charge in [0.15, 0.2) is 14.8 Å². The number of hydrogen-bond acceptors (Lipinski definition) is 7. The predicted molar refractivity (Wildman–Crippen MR) is 58.9 cm³/mol. The fraction of sp³-hybridized carbons (Fsp3) is 0.222. The fourth-order valence-corrected chi connectivity index (χ4v) is 1.41. The minimum absolute atomic E-state index is 0.211. The second kappa shape index (κ2) is 5.16. The molecule has 0 saturated carbocycles. The van der Waals surface area contributed by atoms with E-state index in [1.54, 1.807) is 6.07 Å². The molecule has 1 aromatic rings. The van der Waals surface area contributed by atoms with Crippen LogP contribution in [0.15, 0.2) is 30.3 Å². The van der Waals surface area contributed by atoms with Crippen molar-refractivity contribution in [1.29, 1.82) is 0 Å². The van der Waals surface area contributed by atoms with E-state index in [0.29, 0.717) is 0 Å². The first-order valence-electron chi connectivity index (χ1n) is 4.84. The lowest BCUT2D eigenvalue weighted by atomic mass is 10.1. The van der Waals surface area contributed by atoms with E-state index >= 15 is 0 Å². The first-order chi connectivity index (χ1) is 8.83. The number of Topliss-reactive ketones (excluding diaryl/α,β-unsaturated/α-hetero) is 1. The molecule has 19 heavy (non-hydrogen) atoms. The van der Waals surface area contributed by atoms with Gasteiger partial charge in [0.05, 0.1) is 6.42 Å². The molecule has 100 valence electrons. The lowest BCUT2D eigenvalue weighted by Gasteiger charge is -2.07. The Kier molecular flexibility index (Phi) is 3.85. The highest BCUT2D eigenvalue weighted by atomic mass is 16.7. The molecule has 0 heterocycles. The summed E-state index contributed by atoms with van der Waals surface area (Å²) in [4.78, 5) is 38.2. The molecule has 0 saturated heterocycles. The first-order valence-corrected chi connectivity index (χ1v) is 4.84. The normalized spacial score (nSPS) is 10.7. The maximum Gasteiger partial charge on any atom is 0.761 e. The van der Waals surface area contributed by atoms with Crippen LogP contribution in [0.5, 0.6) is 0 Å². The van der Waals surface area contributed by atoms with E-state index in [2.05, 4.69) is 0 Å². The third-order valence-corrected chi connectivity index (χ3v) is 2.35. The number of carbonyl (C=O) groups is 1. The van der Waals surface area contributed by atoms with Crippen LogP contribution >= 0.6 is 0 Å². The highest BCUT2D eigenvalue weighted by Gasteiger charge is 2.77. The fourth-order valence-electron chi connectivity index (χ4n) is 1.41. The van der Waals surface area contributed by atoms with Crippen molar-refractivity contribution >= 4 is 5.78 Å². The number of nitrogens with zero attached hydrogens (tertiary/aromatic N) is 3. The molecule has 1 aromatic carbocycles. The van der Waals surface area contributed by atoms with E-state index in [-0.39, 0.29) is 5.56 Å². The Morgan fingerprint density at radius 2 is 1.37 bits per heavy atom. The highest BCUT2D eigenvalue weighted by molar-refractivity contribution is 5.85. The predicted octanol–water partition coefficient (Wildman–Crippen LogP) is 0.282.